The molecule has 0 aliphatic carbocycles. The summed E-state index contributed by atoms with van der Waals surface area (Å²) in [6.45, 7) is 3.42. The smallest absolute Gasteiger partial charge is 0.291 e. The summed E-state index contributed by atoms with van der Waals surface area (Å²) in [6, 6.07) is 8.66. The zero-order valence-corrected chi connectivity index (χ0v) is 24.7. The molecule has 0 radical (unpaired) electrons. The van der Waals surface area contributed by atoms with Gasteiger partial charge in [-0.3, -0.25) is 14.4 Å². The van der Waals surface area contributed by atoms with Crippen molar-refractivity contribution in [2.75, 3.05) is 51.2 Å². The molecule has 5 rings (SSSR count). The van der Waals surface area contributed by atoms with Crippen molar-refractivity contribution in [1.29, 1.82) is 5.26 Å². The van der Waals surface area contributed by atoms with Crippen LogP contribution < -0.4 is 15.4 Å². The van der Waals surface area contributed by atoms with E-state index in [2.05, 4.69) is 15.6 Å². The van der Waals surface area contributed by atoms with Crippen LogP contribution in [-0.2, 0) is 11.8 Å². The highest BCUT2D eigenvalue weighted by molar-refractivity contribution is 6.34. The number of piperazine rings is 1. The molecule has 11 nitrogen and oxygen atoms in total. The largest absolute Gasteiger partial charge is 0.476 e. The first kappa shape index (κ1) is 30.9. The second kappa shape index (κ2) is 13.4. The number of hydrogen-bond acceptors (Lipinski definition) is 7. The highest BCUT2D eigenvalue weighted by atomic mass is 35.5. The summed E-state index contributed by atoms with van der Waals surface area (Å²) >= 11 is 6.45. The Labute approximate surface area is 257 Å². The molecule has 0 spiro atoms. The van der Waals surface area contributed by atoms with Crippen LogP contribution in [0.3, 0.4) is 0 Å². The Balaban J connectivity index is 1.22. The minimum Gasteiger partial charge on any atom is -0.476 e. The van der Waals surface area contributed by atoms with Crippen molar-refractivity contribution < 1.29 is 27.9 Å². The van der Waals surface area contributed by atoms with Crippen molar-refractivity contribution >= 4 is 35.0 Å². The lowest BCUT2D eigenvalue weighted by molar-refractivity contribution is -0.137. The molecule has 44 heavy (non-hydrogen) atoms. The number of amides is 3. The van der Waals surface area contributed by atoms with Gasteiger partial charge in [0.1, 0.15) is 6.07 Å². The van der Waals surface area contributed by atoms with E-state index in [0.717, 1.165) is 13.1 Å². The number of nitrogens with zero attached hydrogens (tertiary/aromatic N) is 5. The molecular weight excluding hydrogens is 596 g/mol. The van der Waals surface area contributed by atoms with Gasteiger partial charge >= 0.3 is 0 Å². The predicted octanol–water partition coefficient (Wildman–Crippen LogP) is 3.46. The number of rotatable bonds is 7. The minimum atomic E-state index is -1.26. The van der Waals surface area contributed by atoms with Gasteiger partial charge in [0, 0.05) is 63.5 Å². The summed E-state index contributed by atoms with van der Waals surface area (Å²) in [5.74, 6) is -3.81. The molecule has 2 aromatic carbocycles. The maximum atomic E-state index is 14.8. The molecule has 1 aromatic heterocycles. The highest BCUT2D eigenvalue weighted by Crippen LogP contribution is 2.31. The van der Waals surface area contributed by atoms with Crippen LogP contribution in [-0.4, -0.2) is 82.9 Å². The zero-order valence-electron chi connectivity index (χ0n) is 23.9. The molecule has 0 saturated carbocycles. The lowest BCUT2D eigenvalue weighted by Gasteiger charge is -2.35. The van der Waals surface area contributed by atoms with Gasteiger partial charge in [-0.15, -0.1) is 0 Å². The summed E-state index contributed by atoms with van der Waals surface area (Å²) in [7, 11) is 1.48. The first-order chi connectivity index (χ1) is 21.2. The van der Waals surface area contributed by atoms with E-state index in [0.29, 0.717) is 44.7 Å². The molecule has 2 N–H and O–H groups in total. The van der Waals surface area contributed by atoms with E-state index in [1.165, 1.54) is 48.1 Å². The number of benzene rings is 2. The maximum Gasteiger partial charge on any atom is 0.291 e. The molecule has 3 amide bonds. The van der Waals surface area contributed by atoms with Gasteiger partial charge in [0.2, 0.25) is 11.7 Å². The molecule has 0 unspecified atom stereocenters. The average molecular weight is 626 g/mol. The number of carbonyl (C=O) groups is 3. The average Bonchev–Trinajstić information content (AvgIpc) is 3.42. The van der Waals surface area contributed by atoms with Crippen LogP contribution in [0.1, 0.15) is 33.8 Å². The Hall–Kier alpha value is -4.54. The van der Waals surface area contributed by atoms with Gasteiger partial charge in [0.25, 0.3) is 11.8 Å². The van der Waals surface area contributed by atoms with E-state index in [1.54, 1.807) is 11.0 Å². The number of hydrogen-bond donors (Lipinski definition) is 2. The van der Waals surface area contributed by atoms with E-state index in [9.17, 15) is 23.2 Å². The molecule has 2 aliphatic heterocycles. The van der Waals surface area contributed by atoms with Crippen LogP contribution in [0.2, 0.25) is 5.02 Å². The third-order valence-corrected chi connectivity index (χ3v) is 8.14. The number of anilines is 1. The van der Waals surface area contributed by atoms with E-state index in [-0.39, 0.29) is 45.4 Å². The number of nitriles is 1. The number of ether oxygens (including phenoxy) is 1. The van der Waals surface area contributed by atoms with E-state index in [1.807, 2.05) is 4.90 Å². The number of halogens is 3. The second-order valence-electron chi connectivity index (χ2n) is 10.5. The topological polar surface area (TPSA) is 133 Å². The van der Waals surface area contributed by atoms with Gasteiger partial charge in [-0.25, -0.2) is 9.37 Å². The summed E-state index contributed by atoms with van der Waals surface area (Å²) in [6.07, 6.45) is 2.40. The van der Waals surface area contributed by atoms with Crippen LogP contribution in [0.5, 0.6) is 5.75 Å². The summed E-state index contributed by atoms with van der Waals surface area (Å²) < 4.78 is 35.4. The van der Waals surface area contributed by atoms with Gasteiger partial charge in [-0.1, -0.05) is 11.6 Å². The Morgan fingerprint density at radius 1 is 1.09 bits per heavy atom. The number of likely N-dealkylation sites (tertiary alicyclic amines) is 1. The molecule has 2 saturated heterocycles. The molecule has 14 heteroatoms. The fourth-order valence-corrected chi connectivity index (χ4v) is 5.68. The highest BCUT2D eigenvalue weighted by Gasteiger charge is 2.31. The SMILES string of the molecule is Cn1c(-c2ccc(OCC#N)c(F)c2F)cnc1C(=O)Nc1ccc(C(=O)N2CCC(C(=O)N3CCNCC3)CC2)c(Cl)c1. The van der Waals surface area contributed by atoms with Crippen LogP contribution in [0, 0.1) is 28.9 Å². The van der Waals surface area contributed by atoms with Crippen molar-refractivity contribution in [3.8, 4) is 23.1 Å². The Morgan fingerprint density at radius 2 is 1.82 bits per heavy atom. The number of carbonyl (C=O) groups excluding carboxylic acids is 3. The number of piperidine rings is 1. The lowest BCUT2D eigenvalue weighted by atomic mass is 9.94. The monoisotopic (exact) mass is 625 g/mol. The summed E-state index contributed by atoms with van der Waals surface area (Å²) in [5.41, 5.74) is 0.563. The first-order valence-corrected chi connectivity index (χ1v) is 14.5. The molecule has 2 fully saturated rings. The third-order valence-electron chi connectivity index (χ3n) is 7.82. The molecule has 230 valence electrons. The number of nitrogens with one attached hydrogen (secondary N) is 2. The fourth-order valence-electron chi connectivity index (χ4n) is 5.42. The minimum absolute atomic E-state index is 0.0841. The fraction of sp³-hybridized carbons (Fsp3) is 0.367. The summed E-state index contributed by atoms with van der Waals surface area (Å²) in [4.78, 5) is 46.7. The Bertz CT molecular complexity index is 1630. The number of imidazole rings is 1. The van der Waals surface area contributed by atoms with Crippen LogP contribution in [0.4, 0.5) is 14.5 Å². The van der Waals surface area contributed by atoms with Crippen molar-refractivity contribution in [2.45, 2.75) is 12.8 Å². The van der Waals surface area contributed by atoms with Crippen molar-refractivity contribution in [3.63, 3.8) is 0 Å². The molecule has 3 heterocycles. The van der Waals surface area contributed by atoms with Gasteiger partial charge in [-0.2, -0.15) is 9.65 Å². The molecule has 0 atom stereocenters. The predicted molar refractivity (Wildman–Crippen MR) is 157 cm³/mol. The van der Waals surface area contributed by atoms with Gasteiger partial charge in [0.15, 0.2) is 24.0 Å². The maximum absolute atomic E-state index is 14.8. The molecule has 2 aliphatic rings. The Morgan fingerprint density at radius 3 is 2.50 bits per heavy atom. The van der Waals surface area contributed by atoms with Crippen molar-refractivity contribution in [1.82, 2.24) is 24.7 Å². The second-order valence-corrected chi connectivity index (χ2v) is 10.9. The molecule has 3 aromatic rings. The van der Waals surface area contributed by atoms with Gasteiger partial charge in [0.05, 0.1) is 22.5 Å². The quantitative estimate of drug-likeness (QED) is 0.411. The Kier molecular flexibility index (Phi) is 9.41. The first-order valence-electron chi connectivity index (χ1n) is 14.1. The van der Waals surface area contributed by atoms with E-state index in [4.69, 9.17) is 21.6 Å². The van der Waals surface area contributed by atoms with Crippen molar-refractivity contribution in [3.05, 3.63) is 64.6 Å². The van der Waals surface area contributed by atoms with Gasteiger partial charge in [-0.05, 0) is 43.2 Å². The van der Waals surface area contributed by atoms with Crippen LogP contribution >= 0.6 is 11.6 Å². The summed E-state index contributed by atoms with van der Waals surface area (Å²) in [5, 5.41) is 14.6. The van der Waals surface area contributed by atoms with Crippen LogP contribution in [0.25, 0.3) is 11.3 Å². The van der Waals surface area contributed by atoms with Crippen molar-refractivity contribution in [2.24, 2.45) is 13.0 Å². The van der Waals surface area contributed by atoms with Gasteiger partial charge < -0.3 is 29.7 Å². The normalized spacial score (nSPS) is 15.5. The third kappa shape index (κ3) is 6.36. The van der Waals surface area contributed by atoms with E-state index >= 15 is 0 Å². The number of aromatic nitrogens is 2. The molecule has 0 bridgehead atoms. The zero-order chi connectivity index (χ0) is 31.4. The standard InChI is InChI=1S/C30H30ClF2N7O4/c1-38-23(21-4-5-24(44-15-8-34)26(33)25(21)32)17-36-27(38)28(41)37-19-2-3-20(22(31)16-19)30(43)39-11-6-18(7-12-39)29(42)40-13-9-35-10-14-40/h2-5,16-18,35H,6-7,9-15H2,1H3,(H,37,41). The molecular formula is C30H30ClF2N7O4. The lowest BCUT2D eigenvalue weighted by Crippen LogP contribution is -2.50. The van der Waals surface area contributed by atoms with Crippen LogP contribution in [0.15, 0.2) is 36.5 Å². The van der Waals surface area contributed by atoms with E-state index < -0.39 is 29.9 Å².